The van der Waals surface area contributed by atoms with Crippen LogP contribution in [0.15, 0.2) is 11.0 Å². The summed E-state index contributed by atoms with van der Waals surface area (Å²) in [4.78, 5) is 11.6. The molecule has 102 valence electrons. The monoisotopic (exact) mass is 283 g/mol. The lowest BCUT2D eigenvalue weighted by Crippen LogP contribution is -2.29. The maximum absolute atomic E-state index is 12.0. The molecule has 0 amide bonds. The third kappa shape index (κ3) is 3.62. The van der Waals surface area contributed by atoms with Gasteiger partial charge in [0.05, 0.1) is 25.0 Å². The van der Waals surface area contributed by atoms with Crippen molar-refractivity contribution in [2.45, 2.75) is 19.1 Å². The molecule has 0 aromatic carbocycles. The second kappa shape index (κ2) is 6.62. The fourth-order valence-electron chi connectivity index (χ4n) is 1.15. The van der Waals surface area contributed by atoms with Crippen molar-refractivity contribution in [3.05, 3.63) is 21.6 Å². The number of aromatic nitrogens is 2. The number of anilines is 1. The topological polar surface area (TPSA) is 87.4 Å². The van der Waals surface area contributed by atoms with Crippen molar-refractivity contribution in [1.29, 1.82) is 0 Å². The van der Waals surface area contributed by atoms with Crippen molar-refractivity contribution in [3.8, 4) is 0 Å². The number of alkyl halides is 2. The molecule has 1 heterocycles. The molecular formula is C9H12ClF2N3O3. The number of aliphatic hydroxyl groups excluding tert-OH is 2. The van der Waals surface area contributed by atoms with E-state index in [0.717, 1.165) is 10.9 Å². The Kier molecular flexibility index (Phi) is 5.45. The smallest absolute Gasteiger partial charge is 0.287 e. The second-order valence-electron chi connectivity index (χ2n) is 3.41. The molecule has 18 heavy (non-hydrogen) atoms. The highest BCUT2D eigenvalue weighted by molar-refractivity contribution is 6.32. The van der Waals surface area contributed by atoms with Crippen molar-refractivity contribution in [1.82, 2.24) is 9.78 Å². The van der Waals surface area contributed by atoms with Crippen LogP contribution in [0.2, 0.25) is 5.02 Å². The van der Waals surface area contributed by atoms with Gasteiger partial charge >= 0.3 is 0 Å². The molecule has 0 spiro atoms. The van der Waals surface area contributed by atoms with Crippen LogP contribution in [-0.2, 0) is 6.54 Å². The molecule has 0 aliphatic rings. The molecular weight excluding hydrogens is 272 g/mol. The molecule has 1 aromatic heterocycles. The van der Waals surface area contributed by atoms with Gasteiger partial charge in [0.15, 0.2) is 0 Å². The Morgan fingerprint density at radius 3 is 2.78 bits per heavy atom. The van der Waals surface area contributed by atoms with Gasteiger partial charge < -0.3 is 15.5 Å². The molecule has 1 rings (SSSR count). The highest BCUT2D eigenvalue weighted by Gasteiger charge is 2.17. The van der Waals surface area contributed by atoms with Crippen LogP contribution in [0.4, 0.5) is 14.5 Å². The van der Waals surface area contributed by atoms with E-state index < -0.39 is 24.6 Å². The summed E-state index contributed by atoms with van der Waals surface area (Å²) in [6.45, 7) is -0.749. The molecule has 3 N–H and O–H groups in total. The minimum Gasteiger partial charge on any atom is -0.394 e. The van der Waals surface area contributed by atoms with E-state index in [-0.39, 0.29) is 23.9 Å². The number of nitrogens with zero attached hydrogens (tertiary/aromatic N) is 2. The normalized spacial score (nSPS) is 12.8. The third-order valence-corrected chi connectivity index (χ3v) is 2.45. The minimum atomic E-state index is -2.89. The molecule has 0 fully saturated rings. The average molecular weight is 284 g/mol. The number of halogens is 3. The first kappa shape index (κ1) is 14.8. The summed E-state index contributed by atoms with van der Waals surface area (Å²) >= 11 is 5.71. The fraction of sp³-hybridized carbons (Fsp3) is 0.556. The van der Waals surface area contributed by atoms with Crippen LogP contribution >= 0.6 is 11.6 Å². The summed E-state index contributed by atoms with van der Waals surface area (Å²) < 4.78 is 25.0. The number of rotatable bonds is 6. The van der Waals surface area contributed by atoms with Crippen LogP contribution in [-0.4, -0.2) is 45.7 Å². The lowest BCUT2D eigenvalue weighted by molar-refractivity contribution is 0.00384. The summed E-state index contributed by atoms with van der Waals surface area (Å²) in [6.07, 6.45) is -3.59. The van der Waals surface area contributed by atoms with E-state index in [2.05, 4.69) is 10.4 Å². The molecule has 0 bridgehead atoms. The van der Waals surface area contributed by atoms with Crippen LogP contribution in [0.1, 0.15) is 0 Å². The molecule has 0 aliphatic heterocycles. The zero-order valence-corrected chi connectivity index (χ0v) is 9.94. The summed E-state index contributed by atoms with van der Waals surface area (Å²) in [7, 11) is 0. The number of aliphatic hydroxyl groups is 2. The van der Waals surface area contributed by atoms with Crippen molar-refractivity contribution >= 4 is 17.3 Å². The third-order valence-electron chi connectivity index (χ3n) is 2.09. The largest absolute Gasteiger partial charge is 0.394 e. The van der Waals surface area contributed by atoms with E-state index in [1.807, 2.05) is 0 Å². The van der Waals surface area contributed by atoms with Crippen molar-refractivity contribution in [3.63, 3.8) is 0 Å². The van der Waals surface area contributed by atoms with Gasteiger partial charge in [-0.1, -0.05) is 11.6 Å². The van der Waals surface area contributed by atoms with Gasteiger partial charge in [-0.3, -0.25) is 4.79 Å². The predicted octanol–water partition coefficient (Wildman–Crippen LogP) is -0.0731. The Bertz CT molecular complexity index is 455. The first-order chi connectivity index (χ1) is 8.47. The first-order valence-corrected chi connectivity index (χ1v) is 5.41. The van der Waals surface area contributed by atoms with E-state index in [4.69, 9.17) is 21.8 Å². The molecule has 0 aliphatic carbocycles. The number of hydrogen-bond donors (Lipinski definition) is 3. The molecule has 6 nitrogen and oxygen atoms in total. The Morgan fingerprint density at radius 2 is 2.22 bits per heavy atom. The molecule has 9 heteroatoms. The fourth-order valence-corrected chi connectivity index (χ4v) is 1.36. The van der Waals surface area contributed by atoms with Crippen LogP contribution in [0, 0.1) is 0 Å². The number of nitrogens with one attached hydrogen (secondary N) is 1. The standard InChI is InChI=1S/C9H12ClF2N3O3/c10-7-5(13-4-6(17)8(11)12)3-14-15(1-2-16)9(7)18/h3,6,8,13,16-17H,1-2,4H2. The average Bonchev–Trinajstić information content (AvgIpc) is 2.33. The van der Waals surface area contributed by atoms with Crippen LogP contribution in [0.3, 0.4) is 0 Å². The summed E-state index contributed by atoms with van der Waals surface area (Å²) in [5.74, 6) is 0. The van der Waals surface area contributed by atoms with Crippen LogP contribution < -0.4 is 10.9 Å². The highest BCUT2D eigenvalue weighted by atomic mass is 35.5. The maximum atomic E-state index is 12.0. The minimum absolute atomic E-state index is 0.0154. The van der Waals surface area contributed by atoms with Crippen molar-refractivity contribution in [2.75, 3.05) is 18.5 Å². The van der Waals surface area contributed by atoms with Crippen LogP contribution in [0.25, 0.3) is 0 Å². The maximum Gasteiger partial charge on any atom is 0.287 e. The lowest BCUT2D eigenvalue weighted by atomic mass is 10.3. The highest BCUT2D eigenvalue weighted by Crippen LogP contribution is 2.15. The van der Waals surface area contributed by atoms with Crippen LogP contribution in [0.5, 0.6) is 0 Å². The van der Waals surface area contributed by atoms with Crippen molar-refractivity contribution < 1.29 is 19.0 Å². The summed E-state index contributed by atoms with van der Waals surface area (Å²) in [6, 6.07) is 0. The number of hydrogen-bond acceptors (Lipinski definition) is 5. The Hall–Kier alpha value is -1.25. The molecule has 1 aromatic rings. The van der Waals surface area contributed by atoms with Gasteiger partial charge in [0, 0.05) is 6.54 Å². The van der Waals surface area contributed by atoms with Gasteiger partial charge in [-0.05, 0) is 0 Å². The summed E-state index contributed by atoms with van der Waals surface area (Å²) in [5, 5.41) is 23.4. The molecule has 0 radical (unpaired) electrons. The van der Waals surface area contributed by atoms with E-state index in [1.54, 1.807) is 0 Å². The molecule has 1 unspecified atom stereocenters. The van der Waals surface area contributed by atoms with Gasteiger partial charge in [-0.2, -0.15) is 5.10 Å². The first-order valence-electron chi connectivity index (χ1n) is 5.04. The van der Waals surface area contributed by atoms with Gasteiger partial charge in [0.1, 0.15) is 11.1 Å². The van der Waals surface area contributed by atoms with Gasteiger partial charge in [-0.25, -0.2) is 13.5 Å². The van der Waals surface area contributed by atoms with Gasteiger partial charge in [0.25, 0.3) is 12.0 Å². The quantitative estimate of drug-likeness (QED) is 0.680. The zero-order valence-electron chi connectivity index (χ0n) is 9.18. The van der Waals surface area contributed by atoms with E-state index >= 15 is 0 Å². The molecule has 0 saturated carbocycles. The predicted molar refractivity (Wildman–Crippen MR) is 61.1 cm³/mol. The second-order valence-corrected chi connectivity index (χ2v) is 3.78. The van der Waals surface area contributed by atoms with Gasteiger partial charge in [0.2, 0.25) is 0 Å². The Labute approximate surface area is 106 Å². The zero-order chi connectivity index (χ0) is 13.7. The lowest BCUT2D eigenvalue weighted by Gasteiger charge is -2.13. The molecule has 0 saturated heterocycles. The van der Waals surface area contributed by atoms with E-state index in [9.17, 15) is 13.6 Å². The van der Waals surface area contributed by atoms with Gasteiger partial charge in [-0.15, -0.1) is 0 Å². The Morgan fingerprint density at radius 1 is 1.56 bits per heavy atom. The summed E-state index contributed by atoms with van der Waals surface area (Å²) in [5.41, 5.74) is -0.599. The van der Waals surface area contributed by atoms with Crippen molar-refractivity contribution in [2.24, 2.45) is 0 Å². The molecule has 1 atom stereocenters. The SMILES string of the molecule is O=c1c(Cl)c(NCC(O)C(F)F)cnn1CCO. The Balaban J connectivity index is 2.79. The van der Waals surface area contributed by atoms with E-state index in [1.165, 1.54) is 0 Å². The van der Waals surface area contributed by atoms with E-state index in [0.29, 0.717) is 0 Å².